The number of carbonyl (C=O) groups excluding carboxylic acids is 3. The van der Waals surface area contributed by atoms with Crippen LogP contribution < -0.4 is 16.0 Å². The number of nitrogens with one attached hydrogen (secondary N) is 3. The van der Waals surface area contributed by atoms with Crippen molar-refractivity contribution in [1.29, 1.82) is 0 Å². The van der Waals surface area contributed by atoms with Gasteiger partial charge in [-0.2, -0.15) is 0 Å². The Labute approximate surface area is 131 Å². The van der Waals surface area contributed by atoms with Crippen LogP contribution in [0.3, 0.4) is 0 Å². The van der Waals surface area contributed by atoms with Crippen LogP contribution in [-0.4, -0.2) is 35.2 Å². The molecule has 3 amide bonds. The molecule has 0 fully saturated rings. The first-order chi connectivity index (χ1) is 10.4. The van der Waals surface area contributed by atoms with Crippen molar-refractivity contribution in [2.75, 3.05) is 22.9 Å². The molecule has 1 aromatic carbocycles. The first-order valence-electron chi connectivity index (χ1n) is 6.63. The topological polar surface area (TPSA) is 99.7 Å². The molecule has 22 heavy (non-hydrogen) atoms. The maximum Gasteiger partial charge on any atom is 0.257 e. The summed E-state index contributed by atoms with van der Waals surface area (Å²) in [7, 11) is 0. The number of thioether (sulfide) groups is 1. The normalized spacial score (nSPS) is 13.3. The van der Waals surface area contributed by atoms with E-state index in [2.05, 4.69) is 20.9 Å². The number of rotatable bonds is 3. The van der Waals surface area contributed by atoms with E-state index in [4.69, 9.17) is 0 Å². The largest absolute Gasteiger partial charge is 0.326 e. The van der Waals surface area contributed by atoms with Gasteiger partial charge in [-0.1, -0.05) is 11.8 Å². The number of carbonyl (C=O) groups is 3. The van der Waals surface area contributed by atoms with E-state index < -0.39 is 0 Å². The summed E-state index contributed by atoms with van der Waals surface area (Å²) < 4.78 is 0. The third-order valence-corrected chi connectivity index (χ3v) is 3.53. The summed E-state index contributed by atoms with van der Waals surface area (Å²) in [6.45, 7) is 3.42. The molecule has 0 unspecified atom stereocenters. The van der Waals surface area contributed by atoms with Crippen LogP contribution in [0, 0.1) is 0 Å². The third-order valence-electron chi connectivity index (χ3n) is 2.64. The van der Waals surface area contributed by atoms with Crippen LogP contribution in [0.4, 0.5) is 11.4 Å². The highest BCUT2D eigenvalue weighted by molar-refractivity contribution is 8.14. The van der Waals surface area contributed by atoms with E-state index in [1.165, 1.54) is 25.6 Å². The monoisotopic (exact) mass is 320 g/mol. The molecule has 7 nitrogen and oxygen atoms in total. The second-order valence-corrected chi connectivity index (χ2v) is 5.73. The van der Waals surface area contributed by atoms with E-state index in [0.717, 1.165) is 5.75 Å². The second kappa shape index (κ2) is 7.08. The zero-order valence-corrected chi connectivity index (χ0v) is 13.0. The van der Waals surface area contributed by atoms with Gasteiger partial charge in [0.25, 0.3) is 5.91 Å². The number of amides is 3. The molecule has 0 aliphatic carbocycles. The molecule has 0 saturated carbocycles. The summed E-state index contributed by atoms with van der Waals surface area (Å²) in [5, 5.41) is 8.49. The molecule has 1 heterocycles. The van der Waals surface area contributed by atoms with E-state index in [1.54, 1.807) is 18.2 Å². The highest BCUT2D eigenvalue weighted by Crippen LogP contribution is 2.20. The van der Waals surface area contributed by atoms with Gasteiger partial charge in [0.05, 0.1) is 6.54 Å². The van der Waals surface area contributed by atoms with Gasteiger partial charge < -0.3 is 16.0 Å². The number of hydrogen-bond acceptors (Lipinski definition) is 5. The molecule has 116 valence electrons. The molecule has 0 bridgehead atoms. The Hall–Kier alpha value is -2.35. The summed E-state index contributed by atoms with van der Waals surface area (Å²) in [5.41, 5.74) is 1.19. The summed E-state index contributed by atoms with van der Waals surface area (Å²) in [4.78, 5) is 38.8. The number of benzene rings is 1. The van der Waals surface area contributed by atoms with Gasteiger partial charge in [-0.25, -0.2) is 0 Å². The number of anilines is 2. The average Bonchev–Trinajstić information content (AvgIpc) is 2.89. The molecule has 1 aliphatic rings. The molecule has 0 spiro atoms. The molecule has 0 radical (unpaired) electrons. The highest BCUT2D eigenvalue weighted by atomic mass is 32.2. The molecule has 0 saturated heterocycles. The minimum absolute atomic E-state index is 0.262. The molecule has 1 aliphatic heterocycles. The smallest absolute Gasteiger partial charge is 0.257 e. The van der Waals surface area contributed by atoms with Crippen LogP contribution >= 0.6 is 11.8 Å². The fourth-order valence-corrected chi connectivity index (χ4v) is 2.61. The lowest BCUT2D eigenvalue weighted by Gasteiger charge is -2.10. The summed E-state index contributed by atoms with van der Waals surface area (Å²) in [6.07, 6.45) is 0. The van der Waals surface area contributed by atoms with E-state index in [1.807, 2.05) is 0 Å². The van der Waals surface area contributed by atoms with E-state index >= 15 is 0 Å². The minimum atomic E-state index is -0.341. The van der Waals surface area contributed by atoms with Crippen molar-refractivity contribution >= 4 is 46.0 Å². The molecule has 3 N–H and O–H groups in total. The Morgan fingerprint density at radius 1 is 1.00 bits per heavy atom. The molecule has 0 aromatic heterocycles. The van der Waals surface area contributed by atoms with Gasteiger partial charge in [-0.3, -0.25) is 19.4 Å². The van der Waals surface area contributed by atoms with Crippen LogP contribution in [0.15, 0.2) is 23.2 Å². The quantitative estimate of drug-likeness (QED) is 0.784. The van der Waals surface area contributed by atoms with Crippen molar-refractivity contribution in [2.45, 2.75) is 13.8 Å². The van der Waals surface area contributed by atoms with Crippen LogP contribution in [0.1, 0.15) is 24.2 Å². The number of amidine groups is 1. The van der Waals surface area contributed by atoms with Gasteiger partial charge in [0.2, 0.25) is 11.8 Å². The first kappa shape index (κ1) is 16.0. The second-order valence-electron chi connectivity index (χ2n) is 4.65. The Bertz CT molecular complexity index is 623. The molecule has 0 atom stereocenters. The number of nitrogens with zero attached hydrogens (tertiary/aromatic N) is 1. The Morgan fingerprint density at radius 3 is 2.05 bits per heavy atom. The fourth-order valence-electron chi connectivity index (χ4n) is 1.89. The van der Waals surface area contributed by atoms with Gasteiger partial charge in [0.1, 0.15) is 0 Å². The molecule has 8 heteroatoms. The Kier molecular flexibility index (Phi) is 5.16. The van der Waals surface area contributed by atoms with E-state index in [9.17, 15) is 14.4 Å². The Balaban J connectivity index is 2.25. The lowest BCUT2D eigenvalue weighted by atomic mass is 10.1. The summed E-state index contributed by atoms with van der Waals surface area (Å²) >= 11 is 1.47. The van der Waals surface area contributed by atoms with Crippen molar-refractivity contribution in [3.05, 3.63) is 23.8 Å². The summed E-state index contributed by atoms with van der Waals surface area (Å²) in [5.74, 6) is -0.0188. The minimum Gasteiger partial charge on any atom is -0.326 e. The summed E-state index contributed by atoms with van der Waals surface area (Å²) in [6, 6.07) is 4.67. The zero-order chi connectivity index (χ0) is 16.1. The maximum atomic E-state index is 12.2. The van der Waals surface area contributed by atoms with E-state index in [0.29, 0.717) is 28.7 Å². The van der Waals surface area contributed by atoms with Crippen LogP contribution in [0.5, 0.6) is 0 Å². The molecule has 2 rings (SSSR count). The maximum absolute atomic E-state index is 12.2. The number of aliphatic imine (C=N–C) groups is 1. The van der Waals surface area contributed by atoms with Gasteiger partial charge >= 0.3 is 0 Å². The zero-order valence-electron chi connectivity index (χ0n) is 12.2. The Morgan fingerprint density at radius 2 is 1.59 bits per heavy atom. The van der Waals surface area contributed by atoms with Gasteiger partial charge in [-0.15, -0.1) is 0 Å². The SMILES string of the molecule is CC(=O)Nc1cc(NC(C)=O)cc(C(=O)NC2=NCCS2)c1. The fraction of sp³-hybridized carbons (Fsp3) is 0.286. The van der Waals surface area contributed by atoms with Crippen molar-refractivity contribution in [3.8, 4) is 0 Å². The molecule has 1 aromatic rings. The average molecular weight is 320 g/mol. The van der Waals surface area contributed by atoms with Crippen molar-refractivity contribution in [2.24, 2.45) is 4.99 Å². The number of hydrogen-bond donors (Lipinski definition) is 3. The molecular formula is C14H16N4O3S. The van der Waals surface area contributed by atoms with Crippen LogP contribution in [0.25, 0.3) is 0 Å². The van der Waals surface area contributed by atoms with Crippen molar-refractivity contribution in [1.82, 2.24) is 5.32 Å². The standard InChI is InChI=1S/C14H16N4O3S/c1-8(19)16-11-5-10(6-12(7-11)17-9(2)20)13(21)18-14-15-3-4-22-14/h5-7H,3-4H2,1-2H3,(H,16,19)(H,17,20)(H,15,18,21). The van der Waals surface area contributed by atoms with E-state index in [-0.39, 0.29) is 17.7 Å². The van der Waals surface area contributed by atoms with Gasteiger partial charge in [0, 0.05) is 36.5 Å². The van der Waals surface area contributed by atoms with Crippen LogP contribution in [-0.2, 0) is 9.59 Å². The van der Waals surface area contributed by atoms with Crippen LogP contribution in [0.2, 0.25) is 0 Å². The van der Waals surface area contributed by atoms with Gasteiger partial charge in [-0.05, 0) is 18.2 Å². The highest BCUT2D eigenvalue weighted by Gasteiger charge is 2.14. The predicted molar refractivity (Wildman–Crippen MR) is 87.3 cm³/mol. The van der Waals surface area contributed by atoms with Gasteiger partial charge in [0.15, 0.2) is 5.17 Å². The lowest BCUT2D eigenvalue weighted by Crippen LogP contribution is -2.27. The predicted octanol–water partition coefficient (Wildman–Crippen LogP) is 1.44. The lowest BCUT2D eigenvalue weighted by molar-refractivity contribution is -0.115. The third kappa shape index (κ3) is 4.59. The van der Waals surface area contributed by atoms with Crippen molar-refractivity contribution in [3.63, 3.8) is 0 Å². The first-order valence-corrected chi connectivity index (χ1v) is 7.61. The molecular weight excluding hydrogens is 304 g/mol. The van der Waals surface area contributed by atoms with Crippen molar-refractivity contribution < 1.29 is 14.4 Å².